The summed E-state index contributed by atoms with van der Waals surface area (Å²) >= 11 is 0. The fraction of sp³-hybridized carbons (Fsp3) is 0.517. The average molecular weight is 513 g/mol. The van der Waals surface area contributed by atoms with E-state index in [0.717, 1.165) is 24.1 Å². The molecule has 3 atom stereocenters. The van der Waals surface area contributed by atoms with Crippen molar-refractivity contribution in [3.05, 3.63) is 58.7 Å². The van der Waals surface area contributed by atoms with Crippen LogP contribution in [0.15, 0.2) is 36.4 Å². The van der Waals surface area contributed by atoms with Crippen LogP contribution in [-0.4, -0.2) is 61.9 Å². The molecule has 200 valence electrons. The molecule has 0 bridgehead atoms. The Hall–Kier alpha value is -2.97. The van der Waals surface area contributed by atoms with Gasteiger partial charge in [0.2, 0.25) is 0 Å². The van der Waals surface area contributed by atoms with Gasteiger partial charge in [-0.2, -0.15) is 0 Å². The van der Waals surface area contributed by atoms with Crippen molar-refractivity contribution in [2.24, 2.45) is 0 Å². The van der Waals surface area contributed by atoms with Crippen LogP contribution in [0.5, 0.6) is 11.5 Å². The van der Waals surface area contributed by atoms with Gasteiger partial charge in [-0.25, -0.2) is 4.39 Å². The van der Waals surface area contributed by atoms with Crippen molar-refractivity contribution >= 4 is 11.7 Å². The molecule has 1 fully saturated rings. The molecule has 0 spiro atoms. The number of carbonyl (C=O) groups excluding carboxylic acids is 2. The largest absolute Gasteiger partial charge is 0.491 e. The fourth-order valence-corrected chi connectivity index (χ4v) is 5.41. The first-order valence-corrected chi connectivity index (χ1v) is 13.2. The highest BCUT2D eigenvalue weighted by atomic mass is 19.1. The molecule has 0 saturated carbocycles. The van der Waals surface area contributed by atoms with E-state index < -0.39 is 5.67 Å². The van der Waals surface area contributed by atoms with Crippen molar-refractivity contribution in [1.82, 2.24) is 10.6 Å². The molecular formula is C29H37FN2O5. The molecule has 2 aliphatic rings. The van der Waals surface area contributed by atoms with Crippen LogP contribution in [0.25, 0.3) is 0 Å². The lowest BCUT2D eigenvalue weighted by Crippen LogP contribution is -2.42. The minimum atomic E-state index is -1.18. The Balaban J connectivity index is 1.55. The van der Waals surface area contributed by atoms with E-state index in [1.54, 1.807) is 13.1 Å². The monoisotopic (exact) mass is 512 g/mol. The topological polar surface area (TPSA) is 96.9 Å². The van der Waals surface area contributed by atoms with Crippen molar-refractivity contribution in [3.8, 4) is 11.5 Å². The van der Waals surface area contributed by atoms with E-state index in [2.05, 4.69) is 10.6 Å². The highest BCUT2D eigenvalue weighted by Gasteiger charge is 2.37. The van der Waals surface area contributed by atoms with Gasteiger partial charge in [0.1, 0.15) is 29.9 Å². The second-order valence-electron chi connectivity index (χ2n) is 10.0. The van der Waals surface area contributed by atoms with Gasteiger partial charge in [0.25, 0.3) is 5.91 Å². The first-order chi connectivity index (χ1) is 17.8. The Bertz CT molecular complexity index is 1120. The van der Waals surface area contributed by atoms with Crippen molar-refractivity contribution in [1.29, 1.82) is 0 Å². The van der Waals surface area contributed by atoms with Crippen molar-refractivity contribution < 1.29 is 28.6 Å². The third-order valence-corrected chi connectivity index (χ3v) is 7.30. The third-order valence-electron chi connectivity index (χ3n) is 7.30. The van der Waals surface area contributed by atoms with Gasteiger partial charge in [-0.15, -0.1) is 0 Å². The number of piperidine rings is 1. The van der Waals surface area contributed by atoms with E-state index in [1.165, 1.54) is 0 Å². The summed E-state index contributed by atoms with van der Waals surface area (Å²) < 4.78 is 26.6. The van der Waals surface area contributed by atoms with Crippen LogP contribution in [0.1, 0.15) is 83.2 Å². The number of Topliss-reactive ketones (excluding diaryl/α,β-unsaturated/α-hetero) is 1. The molecule has 37 heavy (non-hydrogen) atoms. The smallest absolute Gasteiger partial charge is 0.254 e. The number of hydrogen-bond donors (Lipinski definition) is 3. The summed E-state index contributed by atoms with van der Waals surface area (Å²) in [4.78, 5) is 26.0. The number of benzene rings is 2. The predicted octanol–water partition coefficient (Wildman–Crippen LogP) is 4.16. The average Bonchev–Trinajstić information content (AvgIpc) is 3.25. The van der Waals surface area contributed by atoms with Gasteiger partial charge in [0, 0.05) is 37.1 Å². The number of hydrogen-bond acceptors (Lipinski definition) is 6. The Morgan fingerprint density at radius 1 is 1.27 bits per heavy atom. The number of ether oxygens (including phenoxy) is 2. The molecule has 7 nitrogen and oxygen atoms in total. The normalized spacial score (nSPS) is 22.7. The second-order valence-corrected chi connectivity index (χ2v) is 10.0. The Morgan fingerprint density at radius 2 is 2.11 bits per heavy atom. The fourth-order valence-electron chi connectivity index (χ4n) is 5.41. The van der Waals surface area contributed by atoms with Crippen molar-refractivity contribution in [2.45, 2.75) is 63.1 Å². The number of alkyl halides is 1. The lowest BCUT2D eigenvalue weighted by Gasteiger charge is -2.30. The lowest BCUT2D eigenvalue weighted by atomic mass is 9.86. The number of unbranched alkanes of at least 4 members (excludes halogenated alkanes) is 1. The minimum Gasteiger partial charge on any atom is -0.491 e. The molecular weight excluding hydrogens is 475 g/mol. The maximum atomic E-state index is 14.9. The summed E-state index contributed by atoms with van der Waals surface area (Å²) in [5, 5.41) is 14.9. The number of rotatable bonds is 11. The molecule has 0 aromatic heterocycles. The summed E-state index contributed by atoms with van der Waals surface area (Å²) in [6.45, 7) is 3.29. The maximum absolute atomic E-state index is 14.9. The van der Waals surface area contributed by atoms with Crippen LogP contribution < -0.4 is 20.1 Å². The van der Waals surface area contributed by atoms with Crippen LogP contribution in [0.2, 0.25) is 0 Å². The first kappa shape index (κ1) is 27.1. The van der Waals surface area contributed by atoms with E-state index in [0.29, 0.717) is 61.3 Å². The zero-order valence-electron chi connectivity index (χ0n) is 21.6. The maximum Gasteiger partial charge on any atom is 0.254 e. The van der Waals surface area contributed by atoms with Gasteiger partial charge in [0.15, 0.2) is 5.78 Å². The van der Waals surface area contributed by atoms with Gasteiger partial charge in [-0.1, -0.05) is 12.1 Å². The number of carbonyl (C=O) groups is 2. The summed E-state index contributed by atoms with van der Waals surface area (Å²) in [7, 11) is 1.55. The standard InChI is InChI=1S/C29H37FN2O5/c1-19-26(20-7-5-8-22(15-20)36-14-13-33)23-16-21(17-24(27(23)37-19)28(35)31-2)25(34)9-3-4-10-29(30)11-6-12-32-18-29/h5,7-8,15-17,19,26,32-33H,3-4,6,9-14,18H2,1-2H3,(H,31,35)/t19-,26+,29+/m1/s1. The summed E-state index contributed by atoms with van der Waals surface area (Å²) in [5.74, 6) is 0.530. The Morgan fingerprint density at radius 3 is 2.84 bits per heavy atom. The number of aliphatic hydroxyl groups is 1. The zero-order chi connectivity index (χ0) is 26.4. The van der Waals surface area contributed by atoms with Crippen LogP contribution in [0.3, 0.4) is 0 Å². The molecule has 8 heteroatoms. The van der Waals surface area contributed by atoms with Gasteiger partial charge < -0.3 is 25.2 Å². The van der Waals surface area contributed by atoms with Crippen LogP contribution in [0, 0.1) is 0 Å². The van der Waals surface area contributed by atoms with Crippen LogP contribution in [0.4, 0.5) is 4.39 Å². The SMILES string of the molecule is CNC(=O)c1cc(C(=O)CCCC[C@]2(F)CCCNC2)cc2c1O[C@H](C)[C@H]2c1cccc(OCCO)c1. The van der Waals surface area contributed by atoms with Crippen molar-refractivity contribution in [2.75, 3.05) is 33.4 Å². The molecule has 1 saturated heterocycles. The number of nitrogens with one attached hydrogen (secondary N) is 2. The molecule has 2 heterocycles. The highest BCUT2D eigenvalue weighted by molar-refractivity contribution is 6.03. The van der Waals surface area contributed by atoms with Gasteiger partial charge in [-0.3, -0.25) is 9.59 Å². The zero-order valence-corrected chi connectivity index (χ0v) is 21.6. The lowest BCUT2D eigenvalue weighted by molar-refractivity contribution is 0.0952. The number of aliphatic hydroxyl groups excluding tert-OH is 1. The van der Waals surface area contributed by atoms with Crippen LogP contribution >= 0.6 is 0 Å². The highest BCUT2D eigenvalue weighted by Crippen LogP contribution is 2.45. The number of fused-ring (bicyclic) bond motifs is 1. The number of ketones is 1. The molecule has 2 aliphatic heterocycles. The third kappa shape index (κ3) is 6.30. The van der Waals surface area contributed by atoms with Gasteiger partial charge in [0.05, 0.1) is 12.2 Å². The molecule has 2 aromatic rings. The van der Waals surface area contributed by atoms with Crippen molar-refractivity contribution in [3.63, 3.8) is 0 Å². The summed E-state index contributed by atoms with van der Waals surface area (Å²) in [5.41, 5.74) is 1.33. The Labute approximate surface area is 217 Å². The van der Waals surface area contributed by atoms with Crippen LogP contribution in [-0.2, 0) is 0 Å². The van der Waals surface area contributed by atoms with E-state index >= 15 is 0 Å². The number of halogens is 1. The quantitative estimate of drug-likeness (QED) is 0.309. The van der Waals surface area contributed by atoms with Gasteiger partial charge in [-0.05, 0) is 75.4 Å². The first-order valence-electron chi connectivity index (χ1n) is 13.2. The van der Waals surface area contributed by atoms with E-state index in [9.17, 15) is 14.0 Å². The predicted molar refractivity (Wildman–Crippen MR) is 140 cm³/mol. The van der Waals surface area contributed by atoms with Gasteiger partial charge >= 0.3 is 0 Å². The minimum absolute atomic E-state index is 0.0686. The summed E-state index contributed by atoms with van der Waals surface area (Å²) in [6.07, 6.45) is 3.12. The molecule has 2 aromatic carbocycles. The molecule has 0 radical (unpaired) electrons. The molecule has 1 amide bonds. The second kappa shape index (κ2) is 12.0. The summed E-state index contributed by atoms with van der Waals surface area (Å²) in [6, 6.07) is 11.0. The number of amides is 1. The van der Waals surface area contributed by atoms with E-state index in [4.69, 9.17) is 14.6 Å². The molecule has 0 aliphatic carbocycles. The molecule has 3 N–H and O–H groups in total. The molecule has 4 rings (SSSR count). The van der Waals surface area contributed by atoms with E-state index in [1.807, 2.05) is 37.3 Å². The molecule has 0 unspecified atom stereocenters. The van der Waals surface area contributed by atoms with E-state index in [-0.39, 0.29) is 36.9 Å². The Kier molecular flexibility index (Phi) is 8.82.